The molecule has 180 valence electrons. The van der Waals surface area contributed by atoms with Gasteiger partial charge < -0.3 is 4.74 Å². The molecule has 0 aliphatic heterocycles. The molecule has 0 bridgehead atoms. The van der Waals surface area contributed by atoms with Gasteiger partial charge in [0, 0.05) is 29.3 Å². The molecule has 0 N–H and O–H groups in total. The van der Waals surface area contributed by atoms with E-state index in [1.165, 1.54) is 69.1 Å². The zero-order valence-electron chi connectivity index (χ0n) is 20.5. The van der Waals surface area contributed by atoms with Gasteiger partial charge >= 0.3 is 5.97 Å². The van der Waals surface area contributed by atoms with Crippen LogP contribution in [0.4, 0.5) is 0 Å². The number of imidazole rings is 1. The summed E-state index contributed by atoms with van der Waals surface area (Å²) in [6, 6.07) is 7.70. The number of fused-ring (bicyclic) bond motifs is 1. The van der Waals surface area contributed by atoms with Gasteiger partial charge in [0.15, 0.2) is 4.96 Å². The van der Waals surface area contributed by atoms with Gasteiger partial charge in [0.05, 0.1) is 5.69 Å². The van der Waals surface area contributed by atoms with Gasteiger partial charge in [-0.25, -0.2) is 4.98 Å². The summed E-state index contributed by atoms with van der Waals surface area (Å²) in [5.41, 5.74) is 2.00. The SMILES string of the molecule is CCCCCCCCCC(=O)Oc1ccc(-c2cn3cc(CCCCCCC)sc3n2)cc1. The first-order chi connectivity index (χ1) is 16.2. The van der Waals surface area contributed by atoms with Crippen LogP contribution in [0.5, 0.6) is 5.75 Å². The van der Waals surface area contributed by atoms with Crippen molar-refractivity contribution in [3.8, 4) is 17.0 Å². The normalized spacial score (nSPS) is 11.3. The highest BCUT2D eigenvalue weighted by molar-refractivity contribution is 7.17. The van der Waals surface area contributed by atoms with E-state index < -0.39 is 0 Å². The lowest BCUT2D eigenvalue weighted by Crippen LogP contribution is -2.07. The number of hydrogen-bond acceptors (Lipinski definition) is 4. The van der Waals surface area contributed by atoms with Gasteiger partial charge in [0.2, 0.25) is 0 Å². The van der Waals surface area contributed by atoms with E-state index in [1.807, 2.05) is 24.3 Å². The maximum absolute atomic E-state index is 12.1. The maximum Gasteiger partial charge on any atom is 0.311 e. The molecule has 0 spiro atoms. The number of aryl methyl sites for hydroxylation is 1. The second-order valence-corrected chi connectivity index (χ2v) is 10.1. The first-order valence-electron chi connectivity index (χ1n) is 13.0. The highest BCUT2D eigenvalue weighted by Gasteiger charge is 2.10. The molecular formula is C28H40N2O2S. The van der Waals surface area contributed by atoms with E-state index >= 15 is 0 Å². The number of thiazole rings is 1. The average molecular weight is 469 g/mol. The molecule has 0 radical (unpaired) electrons. The number of unbranched alkanes of at least 4 members (excludes halogenated alkanes) is 10. The third-order valence-corrected chi connectivity index (χ3v) is 7.15. The summed E-state index contributed by atoms with van der Waals surface area (Å²) in [6.07, 6.45) is 20.9. The highest BCUT2D eigenvalue weighted by atomic mass is 32.1. The van der Waals surface area contributed by atoms with Crippen LogP contribution in [0.2, 0.25) is 0 Å². The molecule has 0 aliphatic carbocycles. The minimum atomic E-state index is -0.138. The van der Waals surface area contributed by atoms with Crippen molar-refractivity contribution < 1.29 is 9.53 Å². The van der Waals surface area contributed by atoms with Crippen molar-refractivity contribution in [2.24, 2.45) is 0 Å². The Hall–Kier alpha value is -2.14. The number of rotatable bonds is 16. The van der Waals surface area contributed by atoms with Crippen molar-refractivity contribution in [1.82, 2.24) is 9.38 Å². The van der Waals surface area contributed by atoms with Gasteiger partial charge in [-0.15, -0.1) is 11.3 Å². The third-order valence-electron chi connectivity index (χ3n) is 6.10. The predicted octanol–water partition coefficient (Wildman–Crippen LogP) is 8.62. The van der Waals surface area contributed by atoms with Crippen LogP contribution in [0.1, 0.15) is 102 Å². The van der Waals surface area contributed by atoms with Crippen LogP contribution >= 0.6 is 11.3 Å². The van der Waals surface area contributed by atoms with Crippen molar-refractivity contribution in [3.05, 3.63) is 41.5 Å². The number of benzene rings is 1. The van der Waals surface area contributed by atoms with E-state index in [9.17, 15) is 4.79 Å². The van der Waals surface area contributed by atoms with Crippen molar-refractivity contribution in [1.29, 1.82) is 0 Å². The number of ether oxygens (including phenoxy) is 1. The molecule has 1 aromatic carbocycles. The number of carbonyl (C=O) groups is 1. The van der Waals surface area contributed by atoms with Gasteiger partial charge in [-0.1, -0.05) is 78.1 Å². The fraction of sp³-hybridized carbons (Fsp3) is 0.571. The van der Waals surface area contributed by atoms with Crippen LogP contribution in [0.3, 0.4) is 0 Å². The first-order valence-corrected chi connectivity index (χ1v) is 13.8. The zero-order chi connectivity index (χ0) is 23.3. The molecule has 0 unspecified atom stereocenters. The van der Waals surface area contributed by atoms with E-state index in [-0.39, 0.29) is 5.97 Å². The molecule has 0 atom stereocenters. The number of hydrogen-bond donors (Lipinski definition) is 0. The van der Waals surface area contributed by atoms with Crippen LogP contribution in [-0.4, -0.2) is 15.4 Å². The Kier molecular flexibility index (Phi) is 11.0. The lowest BCUT2D eigenvalue weighted by molar-refractivity contribution is -0.134. The van der Waals surface area contributed by atoms with Crippen LogP contribution in [-0.2, 0) is 11.2 Å². The zero-order valence-corrected chi connectivity index (χ0v) is 21.3. The Bertz CT molecular complexity index is 927. The van der Waals surface area contributed by atoms with Gasteiger partial charge in [-0.05, 0) is 43.5 Å². The summed E-state index contributed by atoms with van der Waals surface area (Å²) < 4.78 is 7.65. The van der Waals surface area contributed by atoms with Crippen molar-refractivity contribution in [2.45, 2.75) is 104 Å². The second-order valence-electron chi connectivity index (χ2n) is 9.05. The fourth-order valence-electron chi connectivity index (χ4n) is 4.10. The lowest BCUT2D eigenvalue weighted by atomic mass is 10.1. The topological polar surface area (TPSA) is 43.6 Å². The third kappa shape index (κ3) is 8.62. The molecule has 2 aromatic heterocycles. The molecule has 0 aliphatic rings. The quantitative estimate of drug-likeness (QED) is 0.120. The van der Waals surface area contributed by atoms with Crippen molar-refractivity contribution in [2.75, 3.05) is 0 Å². The molecule has 0 fully saturated rings. The number of nitrogens with zero attached hydrogens (tertiary/aromatic N) is 2. The summed E-state index contributed by atoms with van der Waals surface area (Å²) in [7, 11) is 0. The maximum atomic E-state index is 12.1. The molecule has 4 nitrogen and oxygen atoms in total. The Labute approximate surface area is 203 Å². The van der Waals surface area contributed by atoms with E-state index in [2.05, 4.69) is 30.6 Å². The highest BCUT2D eigenvalue weighted by Crippen LogP contribution is 2.26. The number of aromatic nitrogens is 2. The Balaban J connectivity index is 1.42. The molecule has 5 heteroatoms. The van der Waals surface area contributed by atoms with Crippen molar-refractivity contribution in [3.63, 3.8) is 0 Å². The summed E-state index contributed by atoms with van der Waals surface area (Å²) in [5, 5.41) is 0. The largest absolute Gasteiger partial charge is 0.427 e. The first kappa shape index (κ1) is 25.5. The van der Waals surface area contributed by atoms with Crippen LogP contribution in [0.15, 0.2) is 36.7 Å². The van der Waals surface area contributed by atoms with Gasteiger partial charge in [0.25, 0.3) is 0 Å². The van der Waals surface area contributed by atoms with Crippen LogP contribution < -0.4 is 4.74 Å². The molecule has 0 saturated carbocycles. The van der Waals surface area contributed by atoms with E-state index in [1.54, 1.807) is 11.3 Å². The van der Waals surface area contributed by atoms with E-state index in [0.29, 0.717) is 12.2 Å². The lowest BCUT2D eigenvalue weighted by Gasteiger charge is -2.05. The van der Waals surface area contributed by atoms with Gasteiger partial charge in [-0.2, -0.15) is 0 Å². The summed E-state index contributed by atoms with van der Waals surface area (Å²) >= 11 is 1.79. The smallest absolute Gasteiger partial charge is 0.311 e. The van der Waals surface area contributed by atoms with Gasteiger partial charge in [0.1, 0.15) is 5.75 Å². The molecular weight excluding hydrogens is 428 g/mol. The average Bonchev–Trinajstić information content (AvgIpc) is 3.38. The number of esters is 1. The summed E-state index contributed by atoms with van der Waals surface area (Å²) in [5.74, 6) is 0.471. The predicted molar refractivity (Wildman–Crippen MR) is 139 cm³/mol. The van der Waals surface area contributed by atoms with Crippen LogP contribution in [0, 0.1) is 0 Å². The summed E-state index contributed by atoms with van der Waals surface area (Å²) in [4.78, 5) is 19.4. The second kappa shape index (κ2) is 14.2. The number of carbonyl (C=O) groups excluding carboxylic acids is 1. The van der Waals surface area contributed by atoms with Gasteiger partial charge in [-0.3, -0.25) is 9.20 Å². The summed E-state index contributed by atoms with van der Waals surface area (Å²) in [6.45, 7) is 4.48. The molecule has 3 rings (SSSR count). The fourth-order valence-corrected chi connectivity index (χ4v) is 5.11. The Morgan fingerprint density at radius 3 is 2.15 bits per heavy atom. The standard InChI is InChI=1S/C28H40N2O2S/c1-3-5-7-9-10-12-14-16-27(31)32-24-19-17-23(18-20-24)26-22-30-21-25(33-28(30)29-26)15-13-11-8-6-4-2/h17-22H,3-16H2,1-2H3. The Morgan fingerprint density at radius 2 is 1.48 bits per heavy atom. The molecule has 2 heterocycles. The van der Waals surface area contributed by atoms with Crippen molar-refractivity contribution >= 4 is 22.3 Å². The molecule has 3 aromatic rings. The van der Waals surface area contributed by atoms with E-state index in [4.69, 9.17) is 9.72 Å². The minimum Gasteiger partial charge on any atom is -0.427 e. The minimum absolute atomic E-state index is 0.138. The molecule has 33 heavy (non-hydrogen) atoms. The molecule has 0 amide bonds. The Morgan fingerprint density at radius 1 is 0.848 bits per heavy atom. The van der Waals surface area contributed by atoms with Crippen LogP contribution in [0.25, 0.3) is 16.2 Å². The molecule has 0 saturated heterocycles. The van der Waals surface area contributed by atoms with E-state index in [0.717, 1.165) is 35.5 Å². The monoisotopic (exact) mass is 468 g/mol.